The monoisotopic (exact) mass is 340 g/mol. The summed E-state index contributed by atoms with van der Waals surface area (Å²) in [5.41, 5.74) is 2.05. The third-order valence-electron chi connectivity index (χ3n) is 4.11. The average Bonchev–Trinajstić information content (AvgIpc) is 2.67. The smallest absolute Gasteiger partial charge is 0.266 e. The Morgan fingerprint density at radius 3 is 2.42 bits per heavy atom. The van der Waals surface area contributed by atoms with Crippen LogP contribution in [0.2, 0.25) is 0 Å². The largest absolute Gasteiger partial charge is 0.508 e. The summed E-state index contributed by atoms with van der Waals surface area (Å²) in [7, 11) is 0. The number of aromatic hydroxyl groups is 1. The number of rotatable bonds is 3. The number of nitrogens with zero attached hydrogens (tertiary/aromatic N) is 2. The van der Waals surface area contributed by atoms with Gasteiger partial charge < -0.3 is 5.11 Å². The fourth-order valence-corrected chi connectivity index (χ4v) is 2.88. The number of hydrogen-bond acceptors (Lipinski definition) is 3. The lowest BCUT2D eigenvalue weighted by Gasteiger charge is -2.11. The minimum atomic E-state index is -0.172. The molecule has 0 aliphatic carbocycles. The number of aromatic nitrogens is 2. The van der Waals surface area contributed by atoms with Gasteiger partial charge in [0.15, 0.2) is 0 Å². The van der Waals surface area contributed by atoms with E-state index in [-0.39, 0.29) is 11.3 Å². The molecule has 126 valence electrons. The highest BCUT2D eigenvalue weighted by Gasteiger charge is 2.11. The van der Waals surface area contributed by atoms with Crippen molar-refractivity contribution < 1.29 is 5.11 Å². The maximum Gasteiger partial charge on any atom is 0.266 e. The van der Waals surface area contributed by atoms with Crippen LogP contribution in [0.15, 0.2) is 83.7 Å². The number of fused-ring (bicyclic) bond motifs is 1. The summed E-state index contributed by atoms with van der Waals surface area (Å²) in [4.78, 5) is 17.7. The maximum atomic E-state index is 13.1. The summed E-state index contributed by atoms with van der Waals surface area (Å²) < 4.78 is 1.52. The van der Waals surface area contributed by atoms with Gasteiger partial charge in [-0.25, -0.2) is 4.98 Å². The normalized spacial score (nSPS) is 11.2. The van der Waals surface area contributed by atoms with Gasteiger partial charge in [0.25, 0.3) is 5.56 Å². The number of para-hydroxylation sites is 1. The first-order valence-corrected chi connectivity index (χ1v) is 8.27. The van der Waals surface area contributed by atoms with E-state index in [2.05, 4.69) is 4.98 Å². The molecule has 0 aliphatic rings. The lowest BCUT2D eigenvalue weighted by atomic mass is 10.2. The molecule has 0 saturated heterocycles. The number of hydrogen-bond donors (Lipinski definition) is 1. The van der Waals surface area contributed by atoms with E-state index in [1.807, 2.05) is 60.7 Å². The Hall–Kier alpha value is -3.66. The van der Waals surface area contributed by atoms with E-state index in [9.17, 15) is 9.90 Å². The van der Waals surface area contributed by atoms with E-state index < -0.39 is 0 Å². The van der Waals surface area contributed by atoms with Crippen LogP contribution in [0.4, 0.5) is 0 Å². The van der Waals surface area contributed by atoms with Gasteiger partial charge in [-0.1, -0.05) is 54.6 Å². The van der Waals surface area contributed by atoms with Crippen LogP contribution in [0.25, 0.3) is 28.7 Å². The van der Waals surface area contributed by atoms with Crippen LogP contribution in [0.5, 0.6) is 5.75 Å². The SMILES string of the molecule is O=c1c2ccccc2nc(C=Cc2ccccc2)n1-c1cccc(O)c1. The summed E-state index contributed by atoms with van der Waals surface area (Å²) in [5.74, 6) is 0.601. The lowest BCUT2D eigenvalue weighted by molar-refractivity contribution is 0.475. The Kier molecular flexibility index (Phi) is 4.07. The molecule has 0 saturated carbocycles. The van der Waals surface area contributed by atoms with Gasteiger partial charge in [0.05, 0.1) is 16.6 Å². The van der Waals surface area contributed by atoms with Gasteiger partial charge in [-0.15, -0.1) is 0 Å². The Morgan fingerprint density at radius 2 is 1.62 bits per heavy atom. The highest BCUT2D eigenvalue weighted by atomic mass is 16.3. The van der Waals surface area contributed by atoms with E-state index in [1.165, 1.54) is 4.57 Å². The molecule has 0 spiro atoms. The second kappa shape index (κ2) is 6.69. The Balaban J connectivity index is 1.97. The zero-order chi connectivity index (χ0) is 17.9. The molecule has 26 heavy (non-hydrogen) atoms. The molecular formula is C22H16N2O2. The van der Waals surface area contributed by atoms with Crippen LogP contribution in [-0.4, -0.2) is 14.7 Å². The van der Waals surface area contributed by atoms with E-state index in [1.54, 1.807) is 30.3 Å². The standard InChI is InChI=1S/C22H16N2O2/c25-18-10-6-9-17(15-18)24-21(14-13-16-7-2-1-3-8-16)23-20-12-5-4-11-19(20)22(24)26/h1-15,25H. The highest BCUT2D eigenvalue weighted by Crippen LogP contribution is 2.18. The predicted molar refractivity (Wildman–Crippen MR) is 104 cm³/mol. The number of phenols is 1. The van der Waals surface area contributed by atoms with Crippen LogP contribution in [0, 0.1) is 0 Å². The summed E-state index contributed by atoms with van der Waals surface area (Å²) in [6.45, 7) is 0. The summed E-state index contributed by atoms with van der Waals surface area (Å²) in [5, 5.41) is 10.4. The fourth-order valence-electron chi connectivity index (χ4n) is 2.88. The molecule has 3 aromatic carbocycles. The summed E-state index contributed by atoms with van der Waals surface area (Å²) >= 11 is 0. The van der Waals surface area contributed by atoms with Gasteiger partial charge >= 0.3 is 0 Å². The third-order valence-corrected chi connectivity index (χ3v) is 4.11. The van der Waals surface area contributed by atoms with Crippen LogP contribution >= 0.6 is 0 Å². The van der Waals surface area contributed by atoms with E-state index in [4.69, 9.17) is 0 Å². The summed E-state index contributed by atoms with van der Waals surface area (Å²) in [6, 6.07) is 23.7. The Morgan fingerprint density at radius 1 is 0.846 bits per heavy atom. The Bertz CT molecular complexity index is 1160. The molecule has 0 amide bonds. The molecule has 4 aromatic rings. The minimum Gasteiger partial charge on any atom is -0.508 e. The molecule has 1 heterocycles. The first-order valence-electron chi connectivity index (χ1n) is 8.27. The average molecular weight is 340 g/mol. The van der Waals surface area contributed by atoms with Gasteiger partial charge in [0.2, 0.25) is 0 Å². The van der Waals surface area contributed by atoms with Crippen molar-refractivity contribution in [3.8, 4) is 11.4 Å². The third kappa shape index (κ3) is 3.00. The lowest BCUT2D eigenvalue weighted by Crippen LogP contribution is -2.22. The fraction of sp³-hybridized carbons (Fsp3) is 0. The second-order valence-electron chi connectivity index (χ2n) is 5.89. The van der Waals surface area contributed by atoms with Crippen molar-refractivity contribution in [3.05, 3.63) is 101 Å². The van der Waals surface area contributed by atoms with Crippen molar-refractivity contribution in [1.82, 2.24) is 9.55 Å². The number of benzene rings is 3. The van der Waals surface area contributed by atoms with Crippen molar-refractivity contribution in [2.75, 3.05) is 0 Å². The van der Waals surface area contributed by atoms with Crippen LogP contribution < -0.4 is 5.56 Å². The zero-order valence-corrected chi connectivity index (χ0v) is 13.9. The molecular weight excluding hydrogens is 324 g/mol. The van der Waals surface area contributed by atoms with Crippen molar-refractivity contribution >= 4 is 23.1 Å². The molecule has 4 nitrogen and oxygen atoms in total. The molecule has 0 bridgehead atoms. The molecule has 0 aliphatic heterocycles. The second-order valence-corrected chi connectivity index (χ2v) is 5.89. The van der Waals surface area contributed by atoms with Crippen LogP contribution in [0.1, 0.15) is 11.4 Å². The van der Waals surface area contributed by atoms with E-state index in [0.29, 0.717) is 22.4 Å². The minimum absolute atomic E-state index is 0.0977. The van der Waals surface area contributed by atoms with Crippen molar-refractivity contribution in [1.29, 1.82) is 0 Å². The first-order chi connectivity index (χ1) is 12.7. The van der Waals surface area contributed by atoms with E-state index in [0.717, 1.165) is 5.56 Å². The molecule has 4 heteroatoms. The number of phenolic OH excluding ortho intramolecular Hbond substituents is 1. The molecule has 0 fully saturated rings. The molecule has 4 rings (SSSR count). The quantitative estimate of drug-likeness (QED) is 0.606. The highest BCUT2D eigenvalue weighted by molar-refractivity contribution is 5.80. The molecule has 1 N–H and O–H groups in total. The predicted octanol–water partition coefficient (Wildman–Crippen LogP) is 4.26. The van der Waals surface area contributed by atoms with Gasteiger partial charge in [-0.05, 0) is 35.9 Å². The zero-order valence-electron chi connectivity index (χ0n) is 13.9. The van der Waals surface area contributed by atoms with Crippen LogP contribution in [0.3, 0.4) is 0 Å². The topological polar surface area (TPSA) is 55.1 Å². The summed E-state index contributed by atoms with van der Waals surface area (Å²) in [6.07, 6.45) is 3.73. The first kappa shape index (κ1) is 15.8. The Labute approximate surface area is 150 Å². The van der Waals surface area contributed by atoms with Crippen molar-refractivity contribution in [2.24, 2.45) is 0 Å². The van der Waals surface area contributed by atoms with Crippen molar-refractivity contribution in [3.63, 3.8) is 0 Å². The van der Waals surface area contributed by atoms with Gasteiger partial charge in [-0.2, -0.15) is 0 Å². The van der Waals surface area contributed by atoms with Gasteiger partial charge in [0, 0.05) is 6.07 Å². The molecule has 1 aromatic heterocycles. The van der Waals surface area contributed by atoms with Gasteiger partial charge in [0.1, 0.15) is 11.6 Å². The van der Waals surface area contributed by atoms with Gasteiger partial charge in [-0.3, -0.25) is 9.36 Å². The van der Waals surface area contributed by atoms with E-state index >= 15 is 0 Å². The molecule has 0 atom stereocenters. The maximum absolute atomic E-state index is 13.1. The molecule has 0 radical (unpaired) electrons. The van der Waals surface area contributed by atoms with Crippen molar-refractivity contribution in [2.45, 2.75) is 0 Å². The molecule has 0 unspecified atom stereocenters. The van der Waals surface area contributed by atoms with Crippen LogP contribution in [-0.2, 0) is 0 Å².